The van der Waals surface area contributed by atoms with Gasteiger partial charge in [0.1, 0.15) is 12.6 Å². The molecule has 24 heavy (non-hydrogen) atoms. The number of amides is 2. The van der Waals surface area contributed by atoms with Crippen LogP contribution >= 0.6 is 0 Å². The first-order valence-corrected chi connectivity index (χ1v) is 8.54. The largest absolute Gasteiger partial charge is 0.369 e. The molecular weight excluding hydrogens is 306 g/mol. The fourth-order valence-electron chi connectivity index (χ4n) is 3.37. The smallest absolute Gasteiger partial charge is 0.249 e. The highest BCUT2D eigenvalue weighted by Gasteiger charge is 2.34. The Bertz CT molecular complexity index is 578. The average molecular weight is 331 g/mol. The van der Waals surface area contributed by atoms with Gasteiger partial charge < -0.3 is 19.9 Å². The number of benzene rings is 1. The van der Waals surface area contributed by atoms with E-state index in [1.165, 1.54) is 6.42 Å². The van der Waals surface area contributed by atoms with E-state index in [4.69, 9.17) is 4.74 Å². The number of nitrogens with one attached hydrogen (secondary N) is 1. The number of ether oxygens (including phenoxy) is 1. The number of carbonyl (C=O) groups is 2. The molecule has 2 heterocycles. The van der Waals surface area contributed by atoms with Crippen LogP contribution in [0.3, 0.4) is 0 Å². The minimum Gasteiger partial charge on any atom is -0.369 e. The topological polar surface area (TPSA) is 61.9 Å². The Kier molecular flexibility index (Phi) is 5.48. The molecule has 130 valence electrons. The predicted octanol–water partition coefficient (Wildman–Crippen LogP) is 0.624. The lowest BCUT2D eigenvalue weighted by molar-refractivity contribution is -0.155. The standard InChI is InChI=1S/C18H25N3O3/c1-20-9-5-8-15(20)10-19-18(23)16-12-24-13-17(22)21(16)11-14-6-3-2-4-7-14/h2-4,6-7,15-16H,5,8-13H2,1H3,(H,19,23)/t15-,16-/m1/s1. The van der Waals surface area contributed by atoms with Crippen LogP contribution in [0.25, 0.3) is 0 Å². The van der Waals surface area contributed by atoms with E-state index >= 15 is 0 Å². The Balaban J connectivity index is 1.62. The van der Waals surface area contributed by atoms with E-state index in [-0.39, 0.29) is 25.0 Å². The van der Waals surface area contributed by atoms with Gasteiger partial charge in [0, 0.05) is 19.1 Å². The quantitative estimate of drug-likeness (QED) is 0.859. The summed E-state index contributed by atoms with van der Waals surface area (Å²) in [6.07, 6.45) is 2.27. The molecule has 1 N–H and O–H groups in total. The summed E-state index contributed by atoms with van der Waals surface area (Å²) in [5.74, 6) is -0.262. The molecule has 2 atom stereocenters. The SMILES string of the molecule is CN1CCC[C@@H]1CNC(=O)[C@H]1COCC(=O)N1Cc1ccccc1. The van der Waals surface area contributed by atoms with Crippen LogP contribution in [-0.2, 0) is 20.9 Å². The normalized spacial score (nSPS) is 25.0. The number of carbonyl (C=O) groups excluding carboxylic acids is 2. The van der Waals surface area contributed by atoms with Crippen molar-refractivity contribution in [3.05, 3.63) is 35.9 Å². The molecule has 0 aliphatic carbocycles. The van der Waals surface area contributed by atoms with Crippen LogP contribution in [0, 0.1) is 0 Å². The van der Waals surface area contributed by atoms with Crippen LogP contribution in [0.5, 0.6) is 0 Å². The van der Waals surface area contributed by atoms with Crippen molar-refractivity contribution in [2.75, 3.05) is 33.4 Å². The number of rotatable bonds is 5. The summed E-state index contributed by atoms with van der Waals surface area (Å²) in [5.41, 5.74) is 1.01. The molecule has 6 heteroatoms. The molecule has 0 unspecified atom stereocenters. The van der Waals surface area contributed by atoms with Gasteiger partial charge in [-0.3, -0.25) is 9.59 Å². The van der Waals surface area contributed by atoms with Crippen LogP contribution < -0.4 is 5.32 Å². The molecule has 0 bridgehead atoms. The predicted molar refractivity (Wildman–Crippen MR) is 90.3 cm³/mol. The van der Waals surface area contributed by atoms with Crippen molar-refractivity contribution >= 4 is 11.8 Å². The molecule has 1 aromatic carbocycles. The number of nitrogens with zero attached hydrogens (tertiary/aromatic N) is 2. The molecule has 0 radical (unpaired) electrons. The second-order valence-corrected chi connectivity index (χ2v) is 6.56. The average Bonchev–Trinajstić information content (AvgIpc) is 3.00. The van der Waals surface area contributed by atoms with Crippen molar-refractivity contribution in [3.8, 4) is 0 Å². The maximum absolute atomic E-state index is 12.6. The molecule has 3 rings (SSSR count). The summed E-state index contributed by atoms with van der Waals surface area (Å²) in [6.45, 7) is 2.43. The van der Waals surface area contributed by atoms with Gasteiger partial charge in [0.25, 0.3) is 0 Å². The second-order valence-electron chi connectivity index (χ2n) is 6.56. The molecule has 6 nitrogen and oxygen atoms in total. The summed E-state index contributed by atoms with van der Waals surface area (Å²) in [4.78, 5) is 28.7. The Labute approximate surface area is 142 Å². The van der Waals surface area contributed by atoms with Crippen molar-refractivity contribution in [1.29, 1.82) is 0 Å². The number of morpholine rings is 1. The number of likely N-dealkylation sites (tertiary alicyclic amines) is 1. The highest BCUT2D eigenvalue weighted by molar-refractivity contribution is 5.89. The molecule has 2 saturated heterocycles. The highest BCUT2D eigenvalue weighted by atomic mass is 16.5. The number of hydrogen-bond donors (Lipinski definition) is 1. The van der Waals surface area contributed by atoms with Crippen molar-refractivity contribution in [3.63, 3.8) is 0 Å². The van der Waals surface area contributed by atoms with Gasteiger partial charge in [-0.15, -0.1) is 0 Å². The van der Waals surface area contributed by atoms with E-state index in [9.17, 15) is 9.59 Å². The van der Waals surface area contributed by atoms with Gasteiger partial charge in [-0.2, -0.15) is 0 Å². The first-order chi connectivity index (χ1) is 11.6. The molecule has 2 fully saturated rings. The van der Waals surface area contributed by atoms with Gasteiger partial charge in [0.05, 0.1) is 6.61 Å². The molecule has 0 spiro atoms. The Hall–Kier alpha value is -1.92. The van der Waals surface area contributed by atoms with E-state index in [0.29, 0.717) is 19.1 Å². The minimum atomic E-state index is -0.557. The molecule has 1 aromatic rings. The second kappa shape index (κ2) is 7.77. The van der Waals surface area contributed by atoms with Gasteiger partial charge in [-0.05, 0) is 32.0 Å². The molecule has 2 aliphatic rings. The maximum atomic E-state index is 12.6. The fraction of sp³-hybridized carbons (Fsp3) is 0.556. The molecular formula is C18H25N3O3. The van der Waals surface area contributed by atoms with Crippen LogP contribution in [0.1, 0.15) is 18.4 Å². The lowest BCUT2D eigenvalue weighted by Gasteiger charge is -2.35. The van der Waals surface area contributed by atoms with Crippen molar-refractivity contribution in [1.82, 2.24) is 15.1 Å². The third-order valence-electron chi connectivity index (χ3n) is 4.88. The number of likely N-dealkylation sites (N-methyl/N-ethyl adjacent to an activating group) is 1. The molecule has 2 aliphatic heterocycles. The zero-order valence-electron chi connectivity index (χ0n) is 14.1. The first kappa shape index (κ1) is 16.9. The summed E-state index contributed by atoms with van der Waals surface area (Å²) < 4.78 is 5.31. The van der Waals surface area contributed by atoms with Crippen LogP contribution in [-0.4, -0.2) is 67.0 Å². The summed E-state index contributed by atoms with van der Waals surface area (Å²) in [5, 5.41) is 3.01. The lowest BCUT2D eigenvalue weighted by Crippen LogP contribution is -2.56. The van der Waals surface area contributed by atoms with Gasteiger partial charge in [0.15, 0.2) is 0 Å². The van der Waals surface area contributed by atoms with Gasteiger partial charge in [0.2, 0.25) is 11.8 Å². The third-order valence-corrected chi connectivity index (χ3v) is 4.88. The number of hydrogen-bond acceptors (Lipinski definition) is 4. The van der Waals surface area contributed by atoms with Gasteiger partial charge in [-0.1, -0.05) is 30.3 Å². The van der Waals surface area contributed by atoms with E-state index in [0.717, 1.165) is 18.5 Å². The summed E-state index contributed by atoms with van der Waals surface area (Å²) >= 11 is 0. The van der Waals surface area contributed by atoms with E-state index < -0.39 is 6.04 Å². The third kappa shape index (κ3) is 3.94. The van der Waals surface area contributed by atoms with Gasteiger partial charge >= 0.3 is 0 Å². The Morgan fingerprint density at radius 1 is 1.33 bits per heavy atom. The maximum Gasteiger partial charge on any atom is 0.249 e. The Morgan fingerprint density at radius 3 is 2.83 bits per heavy atom. The highest BCUT2D eigenvalue weighted by Crippen LogP contribution is 2.16. The lowest BCUT2D eigenvalue weighted by atomic mass is 10.1. The first-order valence-electron chi connectivity index (χ1n) is 8.54. The van der Waals surface area contributed by atoms with Crippen LogP contribution in [0.2, 0.25) is 0 Å². The van der Waals surface area contributed by atoms with Crippen LogP contribution in [0.15, 0.2) is 30.3 Å². The monoisotopic (exact) mass is 331 g/mol. The van der Waals surface area contributed by atoms with Crippen molar-refractivity contribution in [2.45, 2.75) is 31.5 Å². The van der Waals surface area contributed by atoms with Gasteiger partial charge in [-0.25, -0.2) is 0 Å². The van der Waals surface area contributed by atoms with Crippen molar-refractivity contribution in [2.24, 2.45) is 0 Å². The Morgan fingerprint density at radius 2 is 2.12 bits per heavy atom. The summed E-state index contributed by atoms with van der Waals surface area (Å²) in [6, 6.07) is 9.56. The van der Waals surface area contributed by atoms with E-state index in [1.54, 1.807) is 4.90 Å². The molecule has 2 amide bonds. The van der Waals surface area contributed by atoms with Crippen molar-refractivity contribution < 1.29 is 14.3 Å². The fourth-order valence-corrected chi connectivity index (χ4v) is 3.37. The minimum absolute atomic E-state index is 0.0436. The zero-order chi connectivity index (χ0) is 16.9. The molecule has 0 saturated carbocycles. The van der Waals surface area contributed by atoms with Crippen LogP contribution in [0.4, 0.5) is 0 Å². The zero-order valence-corrected chi connectivity index (χ0v) is 14.1. The molecule has 0 aromatic heterocycles. The van der Waals surface area contributed by atoms with E-state index in [1.807, 2.05) is 30.3 Å². The van der Waals surface area contributed by atoms with E-state index in [2.05, 4.69) is 17.3 Å². The summed E-state index contributed by atoms with van der Waals surface area (Å²) in [7, 11) is 2.08.